The molecule has 0 bridgehead atoms. The lowest BCUT2D eigenvalue weighted by Crippen LogP contribution is -2.56. The zero-order chi connectivity index (χ0) is 11.6. The molecule has 1 aliphatic heterocycles. The van der Waals surface area contributed by atoms with E-state index in [1.165, 1.54) is 0 Å². The van der Waals surface area contributed by atoms with Crippen LogP contribution in [0, 0.1) is 0 Å². The highest BCUT2D eigenvalue weighted by Gasteiger charge is 2.30. The molecule has 0 spiro atoms. The van der Waals surface area contributed by atoms with Crippen LogP contribution in [0.15, 0.2) is 28.7 Å². The Kier molecular flexibility index (Phi) is 3.52. The smallest absolute Gasteiger partial charge is 0.0628 e. The van der Waals surface area contributed by atoms with Gasteiger partial charge < -0.3 is 15.7 Å². The van der Waals surface area contributed by atoms with Crippen LogP contribution in [0.3, 0.4) is 0 Å². The topological polar surface area (TPSA) is 49.5 Å². The third-order valence-corrected chi connectivity index (χ3v) is 3.59. The van der Waals surface area contributed by atoms with Crippen molar-refractivity contribution in [2.45, 2.75) is 18.4 Å². The van der Waals surface area contributed by atoms with Crippen LogP contribution >= 0.6 is 15.9 Å². The van der Waals surface area contributed by atoms with Crippen molar-refractivity contribution in [3.63, 3.8) is 0 Å². The number of halogens is 1. The summed E-state index contributed by atoms with van der Waals surface area (Å²) in [6, 6.07) is 8.19. The SMILES string of the molecule is NC1(CO)CCCN(c2cccc(Br)c2)C1. The first-order valence-electron chi connectivity index (χ1n) is 5.53. The molecule has 0 radical (unpaired) electrons. The van der Waals surface area contributed by atoms with E-state index in [4.69, 9.17) is 5.73 Å². The van der Waals surface area contributed by atoms with E-state index in [-0.39, 0.29) is 6.61 Å². The summed E-state index contributed by atoms with van der Waals surface area (Å²) in [7, 11) is 0. The van der Waals surface area contributed by atoms with Gasteiger partial charge in [-0.3, -0.25) is 0 Å². The van der Waals surface area contributed by atoms with Gasteiger partial charge in [-0.1, -0.05) is 22.0 Å². The van der Waals surface area contributed by atoms with E-state index < -0.39 is 5.54 Å². The Bertz CT molecular complexity index is 372. The molecule has 3 N–H and O–H groups in total. The van der Waals surface area contributed by atoms with E-state index in [1.54, 1.807) is 0 Å². The van der Waals surface area contributed by atoms with Crippen LogP contribution in [-0.4, -0.2) is 30.3 Å². The van der Waals surface area contributed by atoms with E-state index in [0.29, 0.717) is 0 Å². The van der Waals surface area contributed by atoms with Crippen molar-refractivity contribution in [3.8, 4) is 0 Å². The molecule has 0 aliphatic carbocycles. The van der Waals surface area contributed by atoms with Gasteiger partial charge in [-0.15, -0.1) is 0 Å². The number of rotatable bonds is 2. The molecule has 16 heavy (non-hydrogen) atoms. The molecule has 0 aromatic heterocycles. The second-order valence-electron chi connectivity index (χ2n) is 4.53. The molecule has 4 heteroatoms. The Balaban J connectivity index is 2.16. The molecule has 0 amide bonds. The summed E-state index contributed by atoms with van der Waals surface area (Å²) in [6.07, 6.45) is 1.93. The fraction of sp³-hybridized carbons (Fsp3) is 0.500. The second kappa shape index (κ2) is 4.73. The summed E-state index contributed by atoms with van der Waals surface area (Å²) >= 11 is 3.47. The predicted molar refractivity (Wildman–Crippen MR) is 69.6 cm³/mol. The largest absolute Gasteiger partial charge is 0.394 e. The summed E-state index contributed by atoms with van der Waals surface area (Å²) in [4.78, 5) is 2.24. The number of aliphatic hydroxyl groups excluding tert-OH is 1. The van der Waals surface area contributed by atoms with Gasteiger partial charge in [0, 0.05) is 23.2 Å². The molecule has 1 heterocycles. The molecule has 88 valence electrons. The maximum absolute atomic E-state index is 9.31. The van der Waals surface area contributed by atoms with Gasteiger partial charge >= 0.3 is 0 Å². The minimum atomic E-state index is -0.444. The summed E-state index contributed by atoms with van der Waals surface area (Å²) in [5, 5.41) is 9.31. The molecular formula is C12H17BrN2O. The van der Waals surface area contributed by atoms with Gasteiger partial charge in [0.2, 0.25) is 0 Å². The normalized spacial score (nSPS) is 25.8. The van der Waals surface area contributed by atoms with Gasteiger partial charge in [-0.2, -0.15) is 0 Å². The van der Waals surface area contributed by atoms with Crippen molar-refractivity contribution in [2.75, 3.05) is 24.6 Å². The number of piperidine rings is 1. The second-order valence-corrected chi connectivity index (χ2v) is 5.44. The van der Waals surface area contributed by atoms with Crippen molar-refractivity contribution in [2.24, 2.45) is 5.73 Å². The monoisotopic (exact) mass is 284 g/mol. The molecule has 2 rings (SSSR count). The first kappa shape index (κ1) is 11.9. The molecule has 1 unspecified atom stereocenters. The maximum Gasteiger partial charge on any atom is 0.0628 e. The van der Waals surface area contributed by atoms with Crippen LogP contribution in [0.4, 0.5) is 5.69 Å². The van der Waals surface area contributed by atoms with Crippen LogP contribution in [0.1, 0.15) is 12.8 Å². The van der Waals surface area contributed by atoms with E-state index in [1.807, 2.05) is 12.1 Å². The van der Waals surface area contributed by atoms with Crippen molar-refractivity contribution in [3.05, 3.63) is 28.7 Å². The van der Waals surface area contributed by atoms with Crippen molar-refractivity contribution >= 4 is 21.6 Å². The van der Waals surface area contributed by atoms with Gasteiger partial charge in [0.25, 0.3) is 0 Å². The molecule has 1 aromatic rings. The number of anilines is 1. The quantitative estimate of drug-likeness (QED) is 0.870. The Labute approximate surface area is 104 Å². The van der Waals surface area contributed by atoms with E-state index in [0.717, 1.165) is 36.1 Å². The molecule has 1 saturated heterocycles. The summed E-state index contributed by atoms with van der Waals surface area (Å²) in [5.74, 6) is 0. The number of aliphatic hydroxyl groups is 1. The number of nitrogens with two attached hydrogens (primary N) is 1. The van der Waals surface area contributed by atoms with Gasteiger partial charge in [-0.25, -0.2) is 0 Å². The Hall–Kier alpha value is -0.580. The molecule has 3 nitrogen and oxygen atoms in total. The zero-order valence-electron chi connectivity index (χ0n) is 9.19. The third kappa shape index (κ3) is 2.56. The number of hydrogen-bond donors (Lipinski definition) is 2. The third-order valence-electron chi connectivity index (χ3n) is 3.10. The van der Waals surface area contributed by atoms with E-state index in [9.17, 15) is 5.11 Å². The lowest BCUT2D eigenvalue weighted by Gasteiger charge is -2.40. The van der Waals surface area contributed by atoms with Gasteiger partial charge in [0.05, 0.1) is 12.1 Å². The Morgan fingerprint density at radius 2 is 2.31 bits per heavy atom. The average Bonchev–Trinajstić information content (AvgIpc) is 2.29. The fourth-order valence-corrected chi connectivity index (χ4v) is 2.57. The fourth-order valence-electron chi connectivity index (χ4n) is 2.18. The molecule has 1 atom stereocenters. The minimum Gasteiger partial charge on any atom is -0.394 e. The standard InChI is InChI=1S/C12H17BrN2O/c13-10-3-1-4-11(7-10)15-6-2-5-12(14,8-15)9-16/h1,3-4,7,16H,2,5-6,8-9,14H2. The van der Waals surface area contributed by atoms with Crippen LogP contribution in [0.2, 0.25) is 0 Å². The molecule has 1 aromatic carbocycles. The first-order chi connectivity index (χ1) is 7.63. The number of hydrogen-bond acceptors (Lipinski definition) is 3. The summed E-state index contributed by atoms with van der Waals surface area (Å²) < 4.78 is 1.07. The number of benzene rings is 1. The van der Waals surface area contributed by atoms with Crippen molar-refractivity contribution in [1.82, 2.24) is 0 Å². The Morgan fingerprint density at radius 1 is 1.50 bits per heavy atom. The highest BCUT2D eigenvalue weighted by atomic mass is 79.9. The van der Waals surface area contributed by atoms with Crippen molar-refractivity contribution in [1.29, 1.82) is 0 Å². The van der Waals surface area contributed by atoms with Crippen LogP contribution in [0.5, 0.6) is 0 Å². The van der Waals surface area contributed by atoms with E-state index >= 15 is 0 Å². The van der Waals surface area contributed by atoms with Crippen LogP contribution < -0.4 is 10.6 Å². The maximum atomic E-state index is 9.31. The summed E-state index contributed by atoms with van der Waals surface area (Å²) in [6.45, 7) is 1.78. The molecule has 1 aliphatic rings. The van der Waals surface area contributed by atoms with Gasteiger partial charge in [0.15, 0.2) is 0 Å². The zero-order valence-corrected chi connectivity index (χ0v) is 10.8. The lowest BCUT2D eigenvalue weighted by molar-refractivity contribution is 0.177. The highest BCUT2D eigenvalue weighted by molar-refractivity contribution is 9.10. The molecule has 0 saturated carbocycles. The Morgan fingerprint density at radius 3 is 3.00 bits per heavy atom. The van der Waals surface area contributed by atoms with Crippen molar-refractivity contribution < 1.29 is 5.11 Å². The first-order valence-corrected chi connectivity index (χ1v) is 6.32. The van der Waals surface area contributed by atoms with Crippen LogP contribution in [0.25, 0.3) is 0 Å². The molecular weight excluding hydrogens is 268 g/mol. The van der Waals surface area contributed by atoms with Crippen LogP contribution in [-0.2, 0) is 0 Å². The van der Waals surface area contributed by atoms with Gasteiger partial charge in [0.1, 0.15) is 0 Å². The van der Waals surface area contributed by atoms with E-state index in [2.05, 4.69) is 33.0 Å². The minimum absolute atomic E-state index is 0.0531. The highest BCUT2D eigenvalue weighted by Crippen LogP contribution is 2.26. The lowest BCUT2D eigenvalue weighted by atomic mass is 9.91. The molecule has 1 fully saturated rings. The van der Waals surface area contributed by atoms with Gasteiger partial charge in [-0.05, 0) is 31.0 Å². The average molecular weight is 285 g/mol. The summed E-state index contributed by atoms with van der Waals surface area (Å²) in [5.41, 5.74) is 6.84. The predicted octanol–water partition coefficient (Wildman–Crippen LogP) is 1.74. The number of nitrogens with zero attached hydrogens (tertiary/aromatic N) is 1.